The molecule has 1 radical (unpaired) electrons. The van der Waals surface area contributed by atoms with Crippen LogP contribution in [0.1, 0.15) is 92.9 Å². The van der Waals surface area contributed by atoms with Crippen molar-refractivity contribution in [1.29, 1.82) is 0 Å². The summed E-state index contributed by atoms with van der Waals surface area (Å²) in [6.45, 7) is 14.1. The molecule has 0 aliphatic carbocycles. The van der Waals surface area contributed by atoms with E-state index < -0.39 is 0 Å². The maximum absolute atomic E-state index is 2.51. The highest BCUT2D eigenvalue weighted by Crippen LogP contribution is 2.32. The zero-order chi connectivity index (χ0) is 13.4. The maximum Gasteiger partial charge on any atom is -0.0351 e. The van der Waals surface area contributed by atoms with E-state index in [2.05, 4.69) is 48.0 Å². The first-order chi connectivity index (χ1) is 7.77. The predicted molar refractivity (Wildman–Crippen MR) is 80.1 cm³/mol. The molecule has 0 rings (SSSR count). The second-order valence-corrected chi connectivity index (χ2v) is 7.59. The molecule has 0 unspecified atom stereocenters. The lowest BCUT2D eigenvalue weighted by molar-refractivity contribution is 0.296. The number of unbranched alkanes of at least 4 members (excludes halogenated alkanes) is 4. The fourth-order valence-corrected chi connectivity index (χ4v) is 2.21. The maximum atomic E-state index is 2.51. The lowest BCUT2D eigenvalue weighted by atomic mass is 9.79. The first kappa shape index (κ1) is 17.0. The summed E-state index contributed by atoms with van der Waals surface area (Å²) < 4.78 is 0. The van der Waals surface area contributed by atoms with Crippen LogP contribution < -0.4 is 0 Å². The van der Waals surface area contributed by atoms with E-state index in [1.165, 1.54) is 51.4 Å². The lowest BCUT2D eigenvalue weighted by Crippen LogP contribution is -2.14. The predicted octanol–water partition coefficient (Wildman–Crippen LogP) is 6.40. The van der Waals surface area contributed by atoms with Crippen LogP contribution >= 0.6 is 0 Å². The second kappa shape index (κ2) is 8.16. The van der Waals surface area contributed by atoms with Gasteiger partial charge in [0.05, 0.1) is 0 Å². The standard InChI is InChI=1S/C17H35/c1-7-8-9-10-11-14-17(5,6)15-12-13-16(2,3)4/h12H,7-11,13-15H2,1-6H3. The molecule has 0 heterocycles. The van der Waals surface area contributed by atoms with Crippen molar-refractivity contribution in [2.45, 2.75) is 92.9 Å². The minimum atomic E-state index is 0.456. The largest absolute Gasteiger partial charge is 0.0654 e. The average molecular weight is 239 g/mol. The number of rotatable bonds is 9. The Labute approximate surface area is 111 Å². The average Bonchev–Trinajstić information content (AvgIpc) is 2.14. The van der Waals surface area contributed by atoms with Gasteiger partial charge in [-0.05, 0) is 36.5 Å². The van der Waals surface area contributed by atoms with Gasteiger partial charge in [0.25, 0.3) is 0 Å². The monoisotopic (exact) mass is 239 g/mol. The van der Waals surface area contributed by atoms with E-state index in [0.29, 0.717) is 10.8 Å². The Kier molecular flexibility index (Phi) is 8.16. The van der Waals surface area contributed by atoms with Crippen LogP contribution in [-0.4, -0.2) is 0 Å². The second-order valence-electron chi connectivity index (χ2n) is 7.59. The number of hydrogen-bond acceptors (Lipinski definition) is 0. The fraction of sp³-hybridized carbons (Fsp3) is 0.941. The first-order valence-electron chi connectivity index (χ1n) is 7.58. The number of hydrogen-bond donors (Lipinski definition) is 0. The van der Waals surface area contributed by atoms with Gasteiger partial charge in [0.1, 0.15) is 0 Å². The smallest absolute Gasteiger partial charge is 0.0351 e. The van der Waals surface area contributed by atoms with E-state index >= 15 is 0 Å². The Hall–Kier alpha value is 0. The summed E-state index contributed by atoms with van der Waals surface area (Å²) >= 11 is 0. The van der Waals surface area contributed by atoms with E-state index in [1.807, 2.05) is 0 Å². The molecule has 0 amide bonds. The summed E-state index contributed by atoms with van der Waals surface area (Å²) in [5, 5.41) is 0. The summed E-state index contributed by atoms with van der Waals surface area (Å²) in [5.74, 6) is 0. The van der Waals surface area contributed by atoms with Crippen LogP contribution in [0.25, 0.3) is 0 Å². The Bertz CT molecular complexity index is 171. The first-order valence-corrected chi connectivity index (χ1v) is 7.58. The van der Waals surface area contributed by atoms with E-state index in [1.54, 1.807) is 0 Å². The molecule has 0 aromatic rings. The molecule has 0 nitrogen and oxygen atoms in total. The van der Waals surface area contributed by atoms with Gasteiger partial charge in [-0.15, -0.1) is 0 Å². The van der Waals surface area contributed by atoms with Crippen molar-refractivity contribution in [2.24, 2.45) is 10.8 Å². The quantitative estimate of drug-likeness (QED) is 0.408. The van der Waals surface area contributed by atoms with Gasteiger partial charge in [0.15, 0.2) is 0 Å². The van der Waals surface area contributed by atoms with E-state index in [0.717, 1.165) is 0 Å². The molecule has 0 bridgehead atoms. The molecule has 0 atom stereocenters. The van der Waals surface area contributed by atoms with Crippen molar-refractivity contribution in [3.8, 4) is 0 Å². The molecule has 0 fully saturated rings. The van der Waals surface area contributed by atoms with Crippen molar-refractivity contribution in [3.63, 3.8) is 0 Å². The van der Waals surface area contributed by atoms with Crippen LogP contribution in [0.5, 0.6) is 0 Å². The van der Waals surface area contributed by atoms with Crippen LogP contribution in [0.4, 0.5) is 0 Å². The third kappa shape index (κ3) is 12.2. The van der Waals surface area contributed by atoms with Crippen LogP contribution in [-0.2, 0) is 0 Å². The summed E-state index contributed by atoms with van der Waals surface area (Å²) in [6.07, 6.45) is 13.4. The highest BCUT2D eigenvalue weighted by molar-refractivity contribution is 4.81. The van der Waals surface area contributed by atoms with E-state index in [-0.39, 0.29) is 0 Å². The Morgan fingerprint density at radius 2 is 1.35 bits per heavy atom. The highest BCUT2D eigenvalue weighted by atomic mass is 14.2. The molecule has 17 heavy (non-hydrogen) atoms. The minimum Gasteiger partial charge on any atom is -0.0654 e. The topological polar surface area (TPSA) is 0 Å². The summed E-state index contributed by atoms with van der Waals surface area (Å²) in [5.41, 5.74) is 0.967. The summed E-state index contributed by atoms with van der Waals surface area (Å²) in [4.78, 5) is 0. The van der Waals surface area contributed by atoms with Crippen molar-refractivity contribution in [2.75, 3.05) is 0 Å². The van der Waals surface area contributed by atoms with Crippen LogP contribution in [0, 0.1) is 17.3 Å². The molecular formula is C17H35. The van der Waals surface area contributed by atoms with Crippen molar-refractivity contribution < 1.29 is 0 Å². The van der Waals surface area contributed by atoms with E-state index in [9.17, 15) is 0 Å². The van der Waals surface area contributed by atoms with Crippen LogP contribution in [0.15, 0.2) is 0 Å². The molecule has 103 valence electrons. The van der Waals surface area contributed by atoms with Crippen LogP contribution in [0.3, 0.4) is 0 Å². The zero-order valence-corrected chi connectivity index (χ0v) is 13.2. The van der Waals surface area contributed by atoms with Gasteiger partial charge in [0, 0.05) is 0 Å². The molecular weight excluding hydrogens is 204 g/mol. The van der Waals surface area contributed by atoms with Crippen molar-refractivity contribution >= 4 is 0 Å². The molecule has 0 aromatic heterocycles. The molecule has 0 aromatic carbocycles. The van der Waals surface area contributed by atoms with Gasteiger partial charge >= 0.3 is 0 Å². The third-order valence-electron chi connectivity index (χ3n) is 3.41. The molecule has 0 aliphatic heterocycles. The van der Waals surface area contributed by atoms with Gasteiger partial charge < -0.3 is 0 Å². The van der Waals surface area contributed by atoms with E-state index in [4.69, 9.17) is 0 Å². The van der Waals surface area contributed by atoms with Crippen LogP contribution in [0.2, 0.25) is 0 Å². The molecule has 0 saturated carbocycles. The van der Waals surface area contributed by atoms with Gasteiger partial charge in [-0.3, -0.25) is 0 Å². The summed E-state index contributed by atoms with van der Waals surface area (Å²) in [6, 6.07) is 0. The molecule has 0 aliphatic rings. The normalized spacial score (nSPS) is 13.1. The van der Waals surface area contributed by atoms with Crippen molar-refractivity contribution in [1.82, 2.24) is 0 Å². The van der Waals surface area contributed by atoms with Gasteiger partial charge in [-0.1, -0.05) is 73.6 Å². The van der Waals surface area contributed by atoms with Crippen molar-refractivity contribution in [3.05, 3.63) is 6.42 Å². The molecule has 0 heteroatoms. The molecule has 0 saturated heterocycles. The van der Waals surface area contributed by atoms with Gasteiger partial charge in [0.2, 0.25) is 0 Å². The highest BCUT2D eigenvalue weighted by Gasteiger charge is 2.19. The lowest BCUT2D eigenvalue weighted by Gasteiger charge is -2.26. The Balaban J connectivity index is 3.58. The third-order valence-corrected chi connectivity index (χ3v) is 3.41. The van der Waals surface area contributed by atoms with Gasteiger partial charge in [-0.25, -0.2) is 0 Å². The molecule has 0 spiro atoms. The molecule has 0 N–H and O–H groups in total. The Morgan fingerprint density at radius 1 is 0.765 bits per heavy atom. The van der Waals surface area contributed by atoms with Gasteiger partial charge in [-0.2, -0.15) is 0 Å². The fourth-order valence-electron chi connectivity index (χ4n) is 2.21. The minimum absolute atomic E-state index is 0.456. The zero-order valence-electron chi connectivity index (χ0n) is 13.2. The Morgan fingerprint density at radius 3 is 1.88 bits per heavy atom. The summed E-state index contributed by atoms with van der Waals surface area (Å²) in [7, 11) is 0. The SMILES string of the molecule is CCCCCCCC(C)(C)C[CH]CC(C)(C)C.